The molecule has 2 rings (SSSR count). The van der Waals surface area contributed by atoms with Crippen LogP contribution in [-0.4, -0.2) is 22.5 Å². The van der Waals surface area contributed by atoms with E-state index in [0.717, 1.165) is 18.2 Å². The Labute approximate surface area is 137 Å². The van der Waals surface area contributed by atoms with Crippen LogP contribution in [0.2, 0.25) is 0 Å². The predicted molar refractivity (Wildman–Crippen MR) is 93.7 cm³/mol. The van der Waals surface area contributed by atoms with E-state index in [1.165, 1.54) is 32.1 Å². The molecule has 4 nitrogen and oxygen atoms in total. The number of unbranched alkanes of at least 4 members (excludes halogenated alkanes) is 6. The van der Waals surface area contributed by atoms with Crippen molar-refractivity contribution in [3.63, 3.8) is 0 Å². The normalized spacial score (nSPS) is 10.8. The number of nitrogens with one attached hydrogen (secondary N) is 1. The van der Waals surface area contributed by atoms with E-state index in [0.29, 0.717) is 17.6 Å². The highest BCUT2D eigenvalue weighted by Gasteiger charge is 2.13. The van der Waals surface area contributed by atoms with Crippen molar-refractivity contribution in [1.82, 2.24) is 10.3 Å². The smallest absolute Gasteiger partial charge is 0.255 e. The van der Waals surface area contributed by atoms with E-state index < -0.39 is 0 Å². The third-order valence-corrected chi connectivity index (χ3v) is 4.06. The van der Waals surface area contributed by atoms with E-state index in [4.69, 9.17) is 0 Å². The van der Waals surface area contributed by atoms with Crippen molar-refractivity contribution in [3.05, 3.63) is 36.0 Å². The number of nitrogens with zero attached hydrogens (tertiary/aromatic N) is 1. The molecule has 0 fully saturated rings. The predicted octanol–water partition coefficient (Wildman–Crippen LogP) is 4.42. The third-order valence-electron chi connectivity index (χ3n) is 4.06. The summed E-state index contributed by atoms with van der Waals surface area (Å²) >= 11 is 0. The van der Waals surface area contributed by atoms with Crippen LogP contribution in [-0.2, 0) is 0 Å². The molecule has 0 radical (unpaired) electrons. The lowest BCUT2D eigenvalue weighted by Crippen LogP contribution is -2.24. The minimum Gasteiger partial charge on any atom is -0.505 e. The van der Waals surface area contributed by atoms with Gasteiger partial charge in [-0.15, -0.1) is 0 Å². The SMILES string of the molecule is CCCCCCCCCNC(=O)c1ccc2cccnc2c1O. The Morgan fingerprint density at radius 1 is 1.09 bits per heavy atom. The van der Waals surface area contributed by atoms with E-state index in [-0.39, 0.29) is 11.7 Å². The average Bonchev–Trinajstić information content (AvgIpc) is 2.57. The second-order valence-corrected chi connectivity index (χ2v) is 5.91. The van der Waals surface area contributed by atoms with Crippen LogP contribution in [0.15, 0.2) is 30.5 Å². The van der Waals surface area contributed by atoms with Crippen LogP contribution in [0.3, 0.4) is 0 Å². The number of rotatable bonds is 9. The lowest BCUT2D eigenvalue weighted by Gasteiger charge is -2.08. The van der Waals surface area contributed by atoms with Crippen molar-refractivity contribution >= 4 is 16.8 Å². The average molecular weight is 314 g/mol. The van der Waals surface area contributed by atoms with Crippen molar-refractivity contribution in [3.8, 4) is 5.75 Å². The molecule has 2 aromatic rings. The van der Waals surface area contributed by atoms with Gasteiger partial charge in [-0.1, -0.05) is 57.6 Å². The molecule has 0 saturated heterocycles. The highest BCUT2D eigenvalue weighted by molar-refractivity contribution is 6.02. The molecule has 23 heavy (non-hydrogen) atoms. The Balaban J connectivity index is 1.79. The lowest BCUT2D eigenvalue weighted by atomic mass is 10.1. The van der Waals surface area contributed by atoms with E-state index in [1.807, 2.05) is 18.2 Å². The van der Waals surface area contributed by atoms with Crippen molar-refractivity contribution in [2.24, 2.45) is 0 Å². The van der Waals surface area contributed by atoms with Gasteiger partial charge in [0.05, 0.1) is 5.56 Å². The Morgan fingerprint density at radius 3 is 2.61 bits per heavy atom. The summed E-state index contributed by atoms with van der Waals surface area (Å²) < 4.78 is 0. The molecular weight excluding hydrogens is 288 g/mol. The lowest BCUT2D eigenvalue weighted by molar-refractivity contribution is 0.0950. The molecule has 124 valence electrons. The zero-order chi connectivity index (χ0) is 16.5. The molecule has 0 aliphatic rings. The molecule has 1 amide bonds. The van der Waals surface area contributed by atoms with E-state index >= 15 is 0 Å². The number of pyridine rings is 1. The van der Waals surface area contributed by atoms with E-state index in [9.17, 15) is 9.90 Å². The first-order chi connectivity index (χ1) is 11.2. The second kappa shape index (κ2) is 9.13. The number of benzene rings is 1. The molecule has 0 aliphatic heterocycles. The first-order valence-electron chi connectivity index (χ1n) is 8.59. The maximum atomic E-state index is 12.2. The molecule has 0 bridgehead atoms. The van der Waals surface area contributed by atoms with Gasteiger partial charge in [-0.3, -0.25) is 9.78 Å². The topological polar surface area (TPSA) is 62.2 Å². The first-order valence-corrected chi connectivity index (χ1v) is 8.59. The van der Waals surface area contributed by atoms with Crippen molar-refractivity contribution < 1.29 is 9.90 Å². The number of carbonyl (C=O) groups is 1. The van der Waals surface area contributed by atoms with Crippen LogP contribution in [0.25, 0.3) is 10.9 Å². The Bertz CT molecular complexity index is 640. The summed E-state index contributed by atoms with van der Waals surface area (Å²) in [5.74, 6) is -0.277. The van der Waals surface area contributed by atoms with Crippen LogP contribution in [0.5, 0.6) is 5.75 Å². The Morgan fingerprint density at radius 2 is 1.83 bits per heavy atom. The van der Waals surface area contributed by atoms with Gasteiger partial charge in [-0.25, -0.2) is 0 Å². The quantitative estimate of drug-likeness (QED) is 0.673. The van der Waals surface area contributed by atoms with Crippen molar-refractivity contribution in [2.75, 3.05) is 6.54 Å². The number of hydrogen-bond donors (Lipinski definition) is 2. The summed E-state index contributed by atoms with van der Waals surface area (Å²) in [5, 5.41) is 13.9. The van der Waals surface area contributed by atoms with E-state index in [1.54, 1.807) is 12.3 Å². The highest BCUT2D eigenvalue weighted by atomic mass is 16.3. The fourth-order valence-electron chi connectivity index (χ4n) is 2.69. The maximum Gasteiger partial charge on any atom is 0.255 e. The Kier molecular flexibility index (Phi) is 6.85. The van der Waals surface area contributed by atoms with E-state index in [2.05, 4.69) is 17.2 Å². The summed E-state index contributed by atoms with van der Waals surface area (Å²) in [6, 6.07) is 7.13. The summed E-state index contributed by atoms with van der Waals surface area (Å²) in [7, 11) is 0. The maximum absolute atomic E-state index is 12.2. The van der Waals surface area contributed by atoms with Crippen LogP contribution >= 0.6 is 0 Å². The minimum atomic E-state index is -0.235. The number of amides is 1. The van der Waals surface area contributed by atoms with Gasteiger partial charge in [-0.05, 0) is 18.6 Å². The van der Waals surface area contributed by atoms with Gasteiger partial charge in [0.15, 0.2) is 5.75 Å². The summed E-state index contributed by atoms with van der Waals surface area (Å²) in [6.07, 6.45) is 10.1. The molecular formula is C19H26N2O2. The number of fused-ring (bicyclic) bond motifs is 1. The van der Waals surface area contributed by atoms with Crippen LogP contribution < -0.4 is 5.32 Å². The fraction of sp³-hybridized carbons (Fsp3) is 0.474. The largest absolute Gasteiger partial charge is 0.505 e. The number of aromatic hydroxyl groups is 1. The zero-order valence-corrected chi connectivity index (χ0v) is 13.8. The third kappa shape index (κ3) is 4.95. The minimum absolute atomic E-state index is 0.0415. The van der Waals surface area contributed by atoms with Gasteiger partial charge in [0.25, 0.3) is 5.91 Å². The Hall–Kier alpha value is -2.10. The molecule has 4 heteroatoms. The first kappa shape index (κ1) is 17.3. The molecule has 0 saturated carbocycles. The van der Waals surface area contributed by atoms with Gasteiger partial charge in [0, 0.05) is 18.1 Å². The standard InChI is InChI=1S/C19H26N2O2/c1-2-3-4-5-6-7-8-13-21-19(23)16-12-11-15-10-9-14-20-17(15)18(16)22/h9-12,14,22H,2-8,13H2,1H3,(H,21,23). The van der Waals surface area contributed by atoms with Gasteiger partial charge in [0.1, 0.15) is 5.52 Å². The zero-order valence-electron chi connectivity index (χ0n) is 13.8. The fourth-order valence-corrected chi connectivity index (χ4v) is 2.69. The van der Waals surface area contributed by atoms with Gasteiger partial charge < -0.3 is 10.4 Å². The molecule has 0 atom stereocenters. The highest BCUT2D eigenvalue weighted by Crippen LogP contribution is 2.26. The molecule has 1 aromatic heterocycles. The monoisotopic (exact) mass is 314 g/mol. The van der Waals surface area contributed by atoms with Crippen molar-refractivity contribution in [1.29, 1.82) is 0 Å². The molecule has 1 aromatic carbocycles. The molecule has 0 spiro atoms. The van der Waals surface area contributed by atoms with Gasteiger partial charge in [-0.2, -0.15) is 0 Å². The molecule has 1 heterocycles. The second-order valence-electron chi connectivity index (χ2n) is 5.91. The summed E-state index contributed by atoms with van der Waals surface area (Å²) in [6.45, 7) is 2.86. The van der Waals surface area contributed by atoms with Gasteiger partial charge in [0.2, 0.25) is 0 Å². The number of hydrogen-bond acceptors (Lipinski definition) is 3. The number of aromatic nitrogens is 1. The molecule has 2 N–H and O–H groups in total. The van der Waals surface area contributed by atoms with Crippen molar-refractivity contribution in [2.45, 2.75) is 51.9 Å². The molecule has 0 aliphatic carbocycles. The van der Waals surface area contributed by atoms with Gasteiger partial charge >= 0.3 is 0 Å². The summed E-state index contributed by atoms with van der Waals surface area (Å²) in [5.41, 5.74) is 0.759. The van der Waals surface area contributed by atoms with Crippen LogP contribution in [0, 0.1) is 0 Å². The number of phenols is 1. The molecule has 0 unspecified atom stereocenters. The van der Waals surface area contributed by atoms with Crippen LogP contribution in [0.1, 0.15) is 62.2 Å². The number of carbonyl (C=O) groups excluding carboxylic acids is 1. The summed E-state index contributed by atoms with van der Waals surface area (Å²) in [4.78, 5) is 16.3. The van der Waals surface area contributed by atoms with Crippen LogP contribution in [0.4, 0.5) is 0 Å². The number of phenolic OH excluding ortho intramolecular Hbond substituents is 1.